The molecule has 0 unspecified atom stereocenters. The zero-order chi connectivity index (χ0) is 26.3. The van der Waals surface area contributed by atoms with Crippen LogP contribution in [0.15, 0.2) is 76.6 Å². The van der Waals surface area contributed by atoms with E-state index in [0.29, 0.717) is 11.3 Å². The lowest BCUT2D eigenvalue weighted by Crippen LogP contribution is -2.64. The van der Waals surface area contributed by atoms with Gasteiger partial charge in [-0.15, -0.1) is 0 Å². The summed E-state index contributed by atoms with van der Waals surface area (Å²) >= 11 is 0. The van der Waals surface area contributed by atoms with E-state index >= 15 is 0 Å². The van der Waals surface area contributed by atoms with Gasteiger partial charge in [0.15, 0.2) is 5.76 Å². The van der Waals surface area contributed by atoms with E-state index in [2.05, 4.69) is 17.2 Å². The number of hydrogen-bond donors (Lipinski definition) is 2. The maximum atomic E-state index is 13.5. The van der Waals surface area contributed by atoms with Crippen LogP contribution in [0.4, 0.5) is 5.69 Å². The van der Waals surface area contributed by atoms with Crippen molar-refractivity contribution >= 4 is 38.5 Å². The van der Waals surface area contributed by atoms with Crippen LogP contribution in [0.1, 0.15) is 38.2 Å². The highest BCUT2D eigenvalue weighted by atomic mass is 32.2. The Bertz CT molecular complexity index is 1370. The molecule has 190 valence electrons. The summed E-state index contributed by atoms with van der Waals surface area (Å²) in [5, 5.41) is 6.55. The fraction of sp³-hybridized carbons (Fsp3) is 0.333. The number of sulfonamides is 1. The van der Waals surface area contributed by atoms with Crippen molar-refractivity contribution in [2.45, 2.75) is 38.6 Å². The monoisotopic (exact) mass is 509 g/mol. The molecule has 0 saturated carbocycles. The number of carbonyl (C=O) groups excluding carboxylic acids is 2. The minimum atomic E-state index is -3.81. The van der Waals surface area contributed by atoms with Gasteiger partial charge in [0.25, 0.3) is 5.91 Å². The van der Waals surface area contributed by atoms with Crippen molar-refractivity contribution < 1.29 is 22.4 Å². The van der Waals surface area contributed by atoms with Crippen LogP contribution in [0.3, 0.4) is 0 Å². The number of rotatable bonds is 6. The van der Waals surface area contributed by atoms with Crippen LogP contribution in [-0.2, 0) is 14.8 Å². The molecule has 1 fully saturated rings. The second-order valence-corrected chi connectivity index (χ2v) is 12.5. The molecule has 0 spiro atoms. The summed E-state index contributed by atoms with van der Waals surface area (Å²) < 4.78 is 34.1. The second-order valence-electron chi connectivity index (χ2n) is 10.5. The van der Waals surface area contributed by atoms with Gasteiger partial charge in [0.1, 0.15) is 5.58 Å². The van der Waals surface area contributed by atoms with Crippen LogP contribution in [-0.4, -0.2) is 43.7 Å². The maximum absolute atomic E-state index is 13.5. The molecular formula is C27H31N3O5S. The molecule has 1 aromatic heterocycles. The van der Waals surface area contributed by atoms with E-state index in [1.807, 2.05) is 45.9 Å². The number of piperidine rings is 1. The Morgan fingerprint density at radius 1 is 1.03 bits per heavy atom. The van der Waals surface area contributed by atoms with Gasteiger partial charge in [-0.1, -0.05) is 52.5 Å². The number of fused-ring (bicyclic) bond motifs is 1. The molecule has 8 nitrogen and oxygen atoms in total. The molecule has 0 radical (unpaired) electrons. The zero-order valence-electron chi connectivity index (χ0n) is 20.9. The summed E-state index contributed by atoms with van der Waals surface area (Å²) in [5.41, 5.74) is 0.0239. The molecule has 1 aliphatic heterocycles. The molecule has 4 rings (SSSR count). The Kier molecular flexibility index (Phi) is 6.57. The third-order valence-electron chi connectivity index (χ3n) is 6.60. The van der Waals surface area contributed by atoms with Crippen LogP contribution >= 0.6 is 0 Å². The summed E-state index contributed by atoms with van der Waals surface area (Å²) in [7, 11) is -3.81. The number of para-hydroxylation sites is 1. The van der Waals surface area contributed by atoms with Gasteiger partial charge in [-0.25, -0.2) is 8.42 Å². The van der Waals surface area contributed by atoms with Crippen LogP contribution in [0, 0.1) is 10.8 Å². The average Bonchev–Trinajstić information content (AvgIpc) is 3.25. The first kappa shape index (κ1) is 25.7. The van der Waals surface area contributed by atoms with Gasteiger partial charge in [-0.05, 0) is 53.3 Å². The molecule has 36 heavy (non-hydrogen) atoms. The molecule has 2 amide bonds. The number of nitrogens with one attached hydrogen (secondary N) is 2. The molecule has 0 atom stereocenters. The van der Waals surface area contributed by atoms with Gasteiger partial charge in [-0.2, -0.15) is 4.31 Å². The highest BCUT2D eigenvalue weighted by Crippen LogP contribution is 2.42. The van der Waals surface area contributed by atoms with E-state index in [4.69, 9.17) is 4.42 Å². The summed E-state index contributed by atoms with van der Waals surface area (Å²) in [4.78, 5) is 24.7. The molecule has 9 heteroatoms. The van der Waals surface area contributed by atoms with Crippen LogP contribution in [0.2, 0.25) is 0 Å². The second kappa shape index (κ2) is 9.22. The van der Waals surface area contributed by atoms with Crippen molar-refractivity contribution in [3.05, 3.63) is 73.0 Å². The first-order valence-electron chi connectivity index (χ1n) is 11.7. The summed E-state index contributed by atoms with van der Waals surface area (Å²) in [6.07, 6.45) is 1.23. The van der Waals surface area contributed by atoms with Crippen LogP contribution in [0.5, 0.6) is 0 Å². The van der Waals surface area contributed by atoms with Crippen molar-refractivity contribution in [1.82, 2.24) is 9.62 Å². The molecular weight excluding hydrogens is 478 g/mol. The molecule has 0 aliphatic carbocycles. The van der Waals surface area contributed by atoms with E-state index in [9.17, 15) is 18.0 Å². The molecule has 2 N–H and O–H groups in total. The third-order valence-corrected chi connectivity index (χ3v) is 8.41. The number of hydrogen-bond acceptors (Lipinski definition) is 5. The summed E-state index contributed by atoms with van der Waals surface area (Å²) in [5.74, 6) is -0.532. The topological polar surface area (TPSA) is 109 Å². The van der Waals surface area contributed by atoms with Crippen molar-refractivity contribution in [2.24, 2.45) is 10.8 Å². The van der Waals surface area contributed by atoms with Crippen LogP contribution in [0.25, 0.3) is 11.0 Å². The maximum Gasteiger partial charge on any atom is 0.291 e. The van der Waals surface area contributed by atoms with Gasteiger partial charge < -0.3 is 15.1 Å². The standard InChI is InChI=1S/C27H31N3O5S/c1-6-23(31)29-25-26(2,3)16-30(17-27(25,4)5)36(33,34)20-13-11-19(12-14-20)28-24(32)22-15-18-9-7-8-10-21(18)35-22/h6-15,25H,1,16-17H2,2-5H3,(H,28,32)(H,29,31). The summed E-state index contributed by atoms with van der Waals surface area (Å²) in [6.45, 7) is 11.8. The minimum Gasteiger partial charge on any atom is -0.451 e. The molecule has 3 aromatic rings. The predicted molar refractivity (Wildman–Crippen MR) is 139 cm³/mol. The molecule has 2 aromatic carbocycles. The highest BCUT2D eigenvalue weighted by Gasteiger charge is 2.50. The van der Waals surface area contributed by atoms with E-state index in [0.717, 1.165) is 5.39 Å². The predicted octanol–water partition coefficient (Wildman–Crippen LogP) is 4.41. The highest BCUT2D eigenvalue weighted by molar-refractivity contribution is 7.89. The number of anilines is 1. The fourth-order valence-electron chi connectivity index (χ4n) is 5.11. The van der Waals surface area contributed by atoms with E-state index in [1.165, 1.54) is 22.5 Å². The fourth-order valence-corrected chi connectivity index (χ4v) is 6.90. The number of furan rings is 1. The Morgan fingerprint density at radius 2 is 1.64 bits per heavy atom. The van der Waals surface area contributed by atoms with Gasteiger partial charge in [0.2, 0.25) is 15.9 Å². The average molecular weight is 510 g/mol. The van der Waals surface area contributed by atoms with Gasteiger partial charge >= 0.3 is 0 Å². The van der Waals surface area contributed by atoms with Crippen molar-refractivity contribution in [1.29, 1.82) is 0 Å². The van der Waals surface area contributed by atoms with Crippen LogP contribution < -0.4 is 10.6 Å². The number of nitrogens with zero attached hydrogens (tertiary/aromatic N) is 1. The molecule has 1 saturated heterocycles. The Balaban J connectivity index is 1.50. The number of amides is 2. The Labute approximate surface area is 211 Å². The number of benzene rings is 2. The van der Waals surface area contributed by atoms with Crippen molar-refractivity contribution in [3.63, 3.8) is 0 Å². The van der Waals surface area contributed by atoms with Crippen molar-refractivity contribution in [2.75, 3.05) is 18.4 Å². The normalized spacial score (nSPS) is 18.0. The number of carbonyl (C=O) groups is 2. The first-order chi connectivity index (χ1) is 16.8. The Morgan fingerprint density at radius 3 is 2.22 bits per heavy atom. The zero-order valence-corrected chi connectivity index (χ0v) is 21.7. The smallest absolute Gasteiger partial charge is 0.291 e. The Hall–Kier alpha value is -3.43. The third kappa shape index (κ3) is 4.94. The van der Waals surface area contributed by atoms with E-state index < -0.39 is 26.8 Å². The van der Waals surface area contributed by atoms with Crippen molar-refractivity contribution in [3.8, 4) is 0 Å². The van der Waals surface area contributed by atoms with Gasteiger partial charge in [0, 0.05) is 30.2 Å². The SMILES string of the molecule is C=CC(=O)NC1C(C)(C)CN(S(=O)(=O)c2ccc(NC(=O)c3cc4ccccc4o3)cc2)CC1(C)C. The largest absolute Gasteiger partial charge is 0.451 e. The van der Waals surface area contributed by atoms with E-state index in [-0.39, 0.29) is 35.7 Å². The van der Waals surface area contributed by atoms with E-state index in [1.54, 1.807) is 24.3 Å². The van der Waals surface area contributed by atoms with Gasteiger partial charge in [0.05, 0.1) is 4.90 Å². The quantitative estimate of drug-likeness (QED) is 0.479. The first-order valence-corrected chi connectivity index (χ1v) is 13.1. The summed E-state index contributed by atoms with van der Waals surface area (Å²) in [6, 6.07) is 14.8. The minimum absolute atomic E-state index is 0.129. The lowest BCUT2D eigenvalue weighted by molar-refractivity contribution is -0.120. The molecule has 1 aliphatic rings. The molecule has 2 heterocycles. The van der Waals surface area contributed by atoms with Gasteiger partial charge in [-0.3, -0.25) is 9.59 Å². The molecule has 0 bridgehead atoms. The lowest BCUT2D eigenvalue weighted by Gasteiger charge is -2.52. The lowest BCUT2D eigenvalue weighted by atomic mass is 9.67.